The monoisotopic (exact) mass is 315 g/mol. The molecule has 3 nitrogen and oxygen atoms in total. The third-order valence-electron chi connectivity index (χ3n) is 2.56. The highest BCUT2D eigenvalue weighted by molar-refractivity contribution is 7.90. The highest BCUT2D eigenvalue weighted by Crippen LogP contribution is 2.26. The zero-order valence-corrected chi connectivity index (χ0v) is 12.1. The SMILES string of the molecule is Nc1ccc(Cl)cc1S(=O)(=O)Cc1cccc(Cl)c1. The lowest BCUT2D eigenvalue weighted by Crippen LogP contribution is -2.08. The standard InChI is InChI=1S/C13H11Cl2NO2S/c14-10-3-1-2-9(6-10)8-19(17,18)13-7-11(15)4-5-12(13)16/h1-7H,8,16H2. The first-order valence-corrected chi connectivity index (χ1v) is 7.81. The van der Waals surface area contributed by atoms with Crippen LogP contribution >= 0.6 is 23.2 Å². The Kier molecular flexibility index (Phi) is 4.04. The summed E-state index contributed by atoms with van der Waals surface area (Å²) in [5.74, 6) is -0.169. The van der Waals surface area contributed by atoms with Gasteiger partial charge in [0.25, 0.3) is 0 Å². The third kappa shape index (κ3) is 3.41. The molecule has 0 saturated carbocycles. The van der Waals surface area contributed by atoms with Gasteiger partial charge in [-0.15, -0.1) is 0 Å². The van der Waals surface area contributed by atoms with Crippen molar-refractivity contribution in [1.82, 2.24) is 0 Å². The van der Waals surface area contributed by atoms with Crippen molar-refractivity contribution in [3.63, 3.8) is 0 Å². The smallest absolute Gasteiger partial charge is 0.184 e. The number of rotatable bonds is 3. The van der Waals surface area contributed by atoms with Crippen LogP contribution in [0.3, 0.4) is 0 Å². The third-order valence-corrected chi connectivity index (χ3v) is 4.76. The summed E-state index contributed by atoms with van der Waals surface area (Å²) < 4.78 is 24.6. The Labute approximate surface area is 121 Å². The number of hydrogen-bond acceptors (Lipinski definition) is 3. The lowest BCUT2D eigenvalue weighted by Gasteiger charge is -2.08. The van der Waals surface area contributed by atoms with Crippen molar-refractivity contribution >= 4 is 38.7 Å². The van der Waals surface area contributed by atoms with Gasteiger partial charge in [0.2, 0.25) is 0 Å². The average molecular weight is 316 g/mol. The number of benzene rings is 2. The topological polar surface area (TPSA) is 60.2 Å². The Morgan fingerprint density at radius 3 is 2.37 bits per heavy atom. The van der Waals surface area contributed by atoms with Crippen molar-refractivity contribution in [2.45, 2.75) is 10.6 Å². The second-order valence-electron chi connectivity index (χ2n) is 4.07. The molecule has 0 radical (unpaired) electrons. The summed E-state index contributed by atoms with van der Waals surface area (Å²) in [4.78, 5) is 0.0416. The maximum atomic E-state index is 12.3. The molecule has 0 aliphatic heterocycles. The molecule has 0 unspecified atom stereocenters. The second-order valence-corrected chi connectivity index (χ2v) is 6.90. The van der Waals surface area contributed by atoms with Gasteiger partial charge in [-0.1, -0.05) is 35.3 Å². The molecule has 0 heterocycles. The van der Waals surface area contributed by atoms with E-state index in [4.69, 9.17) is 28.9 Å². The van der Waals surface area contributed by atoms with Crippen molar-refractivity contribution in [2.75, 3.05) is 5.73 Å². The van der Waals surface area contributed by atoms with Crippen molar-refractivity contribution in [3.8, 4) is 0 Å². The molecule has 0 fully saturated rings. The highest BCUT2D eigenvalue weighted by atomic mass is 35.5. The minimum absolute atomic E-state index is 0.0416. The number of sulfone groups is 1. The van der Waals surface area contributed by atoms with E-state index in [1.54, 1.807) is 30.3 Å². The van der Waals surface area contributed by atoms with Crippen LogP contribution in [-0.4, -0.2) is 8.42 Å². The van der Waals surface area contributed by atoms with Crippen LogP contribution in [0.4, 0.5) is 5.69 Å². The van der Waals surface area contributed by atoms with Crippen molar-refractivity contribution < 1.29 is 8.42 Å². The lowest BCUT2D eigenvalue weighted by atomic mass is 10.2. The van der Waals surface area contributed by atoms with Gasteiger partial charge in [0, 0.05) is 10.0 Å². The number of hydrogen-bond donors (Lipinski definition) is 1. The maximum Gasteiger partial charge on any atom is 0.184 e. The number of anilines is 1. The predicted octanol–water partition coefficient (Wildman–Crippen LogP) is 3.55. The van der Waals surface area contributed by atoms with Gasteiger partial charge in [-0.25, -0.2) is 8.42 Å². The van der Waals surface area contributed by atoms with Crippen LogP contribution < -0.4 is 5.73 Å². The van der Waals surface area contributed by atoms with Crippen LogP contribution in [0.5, 0.6) is 0 Å². The Morgan fingerprint density at radius 1 is 1.00 bits per heavy atom. The molecule has 6 heteroatoms. The molecule has 0 amide bonds. The molecular formula is C13H11Cl2NO2S. The van der Waals surface area contributed by atoms with E-state index in [1.165, 1.54) is 12.1 Å². The average Bonchev–Trinajstić information content (AvgIpc) is 2.31. The van der Waals surface area contributed by atoms with Crippen LogP contribution in [0.25, 0.3) is 0 Å². The predicted molar refractivity (Wildman–Crippen MR) is 78.2 cm³/mol. The Bertz CT molecular complexity index is 714. The fourth-order valence-electron chi connectivity index (χ4n) is 1.70. The molecule has 0 spiro atoms. The van der Waals surface area contributed by atoms with Crippen molar-refractivity contribution in [3.05, 3.63) is 58.1 Å². The minimum Gasteiger partial charge on any atom is -0.398 e. The molecule has 0 aliphatic rings. The summed E-state index contributed by atoms with van der Waals surface area (Å²) in [7, 11) is -3.55. The van der Waals surface area contributed by atoms with Crippen LogP contribution in [0.2, 0.25) is 10.0 Å². The van der Waals surface area contributed by atoms with Gasteiger partial charge >= 0.3 is 0 Å². The van der Waals surface area contributed by atoms with Crippen LogP contribution in [0.15, 0.2) is 47.4 Å². The molecule has 2 N–H and O–H groups in total. The molecule has 0 saturated heterocycles. The summed E-state index contributed by atoms with van der Waals surface area (Å²) in [5, 5.41) is 0.825. The zero-order chi connectivity index (χ0) is 14.0. The van der Waals surface area contributed by atoms with Gasteiger partial charge in [-0.2, -0.15) is 0 Å². The quantitative estimate of drug-likeness (QED) is 0.881. The van der Waals surface area contributed by atoms with E-state index in [9.17, 15) is 8.42 Å². The molecule has 19 heavy (non-hydrogen) atoms. The highest BCUT2D eigenvalue weighted by Gasteiger charge is 2.19. The summed E-state index contributed by atoms with van der Waals surface area (Å²) in [6, 6.07) is 11.1. The van der Waals surface area contributed by atoms with Crippen molar-refractivity contribution in [2.24, 2.45) is 0 Å². The first-order chi connectivity index (χ1) is 8.88. The van der Waals surface area contributed by atoms with E-state index in [1.807, 2.05) is 0 Å². The molecule has 0 atom stereocenters. The number of halogens is 2. The van der Waals surface area contributed by atoms with Gasteiger partial charge in [-0.05, 0) is 35.9 Å². The fourth-order valence-corrected chi connectivity index (χ4v) is 3.66. The minimum atomic E-state index is -3.55. The Morgan fingerprint density at radius 2 is 1.68 bits per heavy atom. The molecular weight excluding hydrogens is 305 g/mol. The van der Waals surface area contributed by atoms with Crippen LogP contribution in [0.1, 0.15) is 5.56 Å². The van der Waals surface area contributed by atoms with Crippen LogP contribution in [0, 0.1) is 0 Å². The molecule has 0 aliphatic carbocycles. The molecule has 100 valence electrons. The van der Waals surface area contributed by atoms with E-state index in [-0.39, 0.29) is 16.3 Å². The summed E-state index contributed by atoms with van der Waals surface area (Å²) in [5.41, 5.74) is 6.49. The molecule has 2 rings (SSSR count). The van der Waals surface area contributed by atoms with Gasteiger partial charge in [-0.3, -0.25) is 0 Å². The largest absolute Gasteiger partial charge is 0.398 e. The Balaban J connectivity index is 2.40. The van der Waals surface area contributed by atoms with Crippen molar-refractivity contribution in [1.29, 1.82) is 0 Å². The number of nitrogen functional groups attached to an aromatic ring is 1. The maximum absolute atomic E-state index is 12.3. The zero-order valence-electron chi connectivity index (χ0n) is 9.81. The molecule has 2 aromatic rings. The second kappa shape index (κ2) is 5.41. The first-order valence-electron chi connectivity index (χ1n) is 5.41. The summed E-state index contributed by atoms with van der Waals surface area (Å²) >= 11 is 11.6. The molecule has 0 aromatic heterocycles. The van der Waals surface area contributed by atoms with E-state index in [2.05, 4.69) is 0 Å². The van der Waals surface area contributed by atoms with E-state index >= 15 is 0 Å². The summed E-state index contributed by atoms with van der Waals surface area (Å²) in [6.07, 6.45) is 0. The normalized spacial score (nSPS) is 11.5. The summed E-state index contributed by atoms with van der Waals surface area (Å²) in [6.45, 7) is 0. The van der Waals surface area contributed by atoms with E-state index in [0.29, 0.717) is 15.6 Å². The van der Waals surface area contributed by atoms with Gasteiger partial charge < -0.3 is 5.73 Å². The Hall–Kier alpha value is -1.23. The lowest BCUT2D eigenvalue weighted by molar-refractivity contribution is 0.595. The van der Waals surface area contributed by atoms with Crippen LogP contribution in [-0.2, 0) is 15.6 Å². The van der Waals surface area contributed by atoms with E-state index < -0.39 is 9.84 Å². The van der Waals surface area contributed by atoms with Gasteiger partial charge in [0.15, 0.2) is 9.84 Å². The fraction of sp³-hybridized carbons (Fsp3) is 0.0769. The molecule has 0 bridgehead atoms. The number of nitrogens with two attached hydrogens (primary N) is 1. The van der Waals surface area contributed by atoms with E-state index in [0.717, 1.165) is 0 Å². The first kappa shape index (κ1) is 14.2. The van der Waals surface area contributed by atoms with Gasteiger partial charge in [0.1, 0.15) is 0 Å². The molecule has 2 aromatic carbocycles. The van der Waals surface area contributed by atoms with Gasteiger partial charge in [0.05, 0.1) is 16.3 Å².